The number of fused-ring (bicyclic) bond motifs is 1. The van der Waals surface area contributed by atoms with Crippen molar-refractivity contribution in [2.24, 2.45) is 5.92 Å². The van der Waals surface area contributed by atoms with Crippen LogP contribution in [0.5, 0.6) is 0 Å². The number of carbonyl (C=O) groups excluding carboxylic acids is 2. The molecule has 6 heteroatoms. The van der Waals surface area contributed by atoms with Crippen molar-refractivity contribution >= 4 is 22.7 Å². The summed E-state index contributed by atoms with van der Waals surface area (Å²) in [5, 5.41) is 7.05. The molecule has 0 aliphatic carbocycles. The van der Waals surface area contributed by atoms with Gasteiger partial charge in [-0.2, -0.15) is 0 Å². The molecule has 40 heavy (non-hydrogen) atoms. The Morgan fingerprint density at radius 2 is 1.62 bits per heavy atom. The van der Waals surface area contributed by atoms with Gasteiger partial charge in [-0.05, 0) is 81.9 Å². The van der Waals surface area contributed by atoms with Crippen molar-refractivity contribution < 1.29 is 9.59 Å². The molecule has 216 valence electrons. The summed E-state index contributed by atoms with van der Waals surface area (Å²) in [5.41, 5.74) is 4.21. The molecule has 3 rings (SSSR count). The molecule has 2 amide bonds. The lowest BCUT2D eigenvalue weighted by atomic mass is 9.98. The molecule has 0 spiro atoms. The highest BCUT2D eigenvalue weighted by Crippen LogP contribution is 2.26. The smallest absolute Gasteiger partial charge is 0.252 e. The third-order valence-electron chi connectivity index (χ3n) is 7.64. The Morgan fingerprint density at radius 3 is 2.27 bits per heavy atom. The van der Waals surface area contributed by atoms with Crippen LogP contribution in [0.1, 0.15) is 83.1 Å². The number of nitrogens with one attached hydrogen (secondary N) is 2. The van der Waals surface area contributed by atoms with Crippen LogP contribution in [0.15, 0.2) is 54.6 Å². The predicted octanol–water partition coefficient (Wildman–Crippen LogP) is 6.63. The number of aromatic nitrogens is 1. The molecule has 3 aromatic rings. The van der Waals surface area contributed by atoms with Crippen molar-refractivity contribution in [1.29, 1.82) is 0 Å². The summed E-state index contributed by atoms with van der Waals surface area (Å²) in [6.45, 7) is 15.6. The van der Waals surface area contributed by atoms with Gasteiger partial charge in [0.15, 0.2) is 0 Å². The van der Waals surface area contributed by atoms with Crippen molar-refractivity contribution in [3.05, 3.63) is 65.7 Å². The largest absolute Gasteiger partial charge is 0.352 e. The number of benzene rings is 2. The van der Waals surface area contributed by atoms with E-state index in [0.29, 0.717) is 5.56 Å². The van der Waals surface area contributed by atoms with Crippen LogP contribution >= 0.6 is 0 Å². The fourth-order valence-corrected chi connectivity index (χ4v) is 5.07. The Labute approximate surface area is 241 Å². The number of hydrogen-bond acceptors (Lipinski definition) is 4. The van der Waals surface area contributed by atoms with E-state index in [2.05, 4.69) is 48.4 Å². The van der Waals surface area contributed by atoms with E-state index in [1.165, 1.54) is 5.56 Å². The van der Waals surface area contributed by atoms with Gasteiger partial charge in [0.05, 0.1) is 16.8 Å². The molecule has 0 aliphatic rings. The van der Waals surface area contributed by atoms with Crippen molar-refractivity contribution in [2.75, 3.05) is 19.6 Å². The zero-order valence-corrected chi connectivity index (χ0v) is 25.3. The van der Waals surface area contributed by atoms with Gasteiger partial charge in [-0.1, -0.05) is 77.4 Å². The summed E-state index contributed by atoms with van der Waals surface area (Å²) in [5.74, 6) is -0.446. The molecule has 0 radical (unpaired) electrons. The molecular weight excluding hydrogens is 496 g/mol. The van der Waals surface area contributed by atoms with Crippen molar-refractivity contribution in [3.63, 3.8) is 0 Å². The lowest BCUT2D eigenvalue weighted by Gasteiger charge is -2.25. The first-order chi connectivity index (χ1) is 19.3. The van der Waals surface area contributed by atoms with Crippen LogP contribution in [0.25, 0.3) is 22.2 Å². The normalized spacial score (nSPS) is 13.0. The molecule has 0 bridgehead atoms. The average Bonchev–Trinajstić information content (AvgIpc) is 2.96. The number of unbranched alkanes of at least 4 members (excludes halogenated alkanes) is 1. The topological polar surface area (TPSA) is 74.3 Å². The van der Waals surface area contributed by atoms with Gasteiger partial charge >= 0.3 is 0 Å². The number of pyridine rings is 1. The molecule has 2 N–H and O–H groups in total. The van der Waals surface area contributed by atoms with Gasteiger partial charge in [-0.25, -0.2) is 4.98 Å². The number of aryl methyl sites for hydroxylation is 1. The molecule has 1 aromatic heterocycles. The Bertz CT molecular complexity index is 1240. The standard InChI is InChI=1S/C34H48N4O2/c1-7-10-16-26-19-20-30-28(22-26)29(23-31(36-30)27-17-12-11-13-18-27)33(39)37-32(24(4)5)34(40)35-25(6)15-14-21-38(8-2)9-3/h11-13,17-20,22-25,32H,7-10,14-16,21H2,1-6H3,(H,35,40)(H,37,39). The van der Waals surface area contributed by atoms with Crippen LogP contribution in [0.2, 0.25) is 0 Å². The zero-order chi connectivity index (χ0) is 29.1. The van der Waals surface area contributed by atoms with Gasteiger partial charge in [0.2, 0.25) is 5.91 Å². The maximum Gasteiger partial charge on any atom is 0.252 e. The van der Waals surface area contributed by atoms with E-state index < -0.39 is 6.04 Å². The van der Waals surface area contributed by atoms with Gasteiger partial charge < -0.3 is 15.5 Å². The maximum atomic E-state index is 13.9. The minimum atomic E-state index is -0.635. The molecule has 2 aromatic carbocycles. The average molecular weight is 545 g/mol. The van der Waals surface area contributed by atoms with Crippen LogP contribution in [-0.4, -0.2) is 53.4 Å². The summed E-state index contributed by atoms with van der Waals surface area (Å²) in [6.07, 6.45) is 5.07. The quantitative estimate of drug-likeness (QED) is 0.225. The molecule has 1 heterocycles. The molecule has 6 nitrogen and oxygen atoms in total. The minimum absolute atomic E-state index is 0.0359. The van der Waals surface area contributed by atoms with Gasteiger partial charge in [-0.15, -0.1) is 0 Å². The summed E-state index contributed by atoms with van der Waals surface area (Å²) in [4.78, 5) is 34.5. The van der Waals surface area contributed by atoms with E-state index >= 15 is 0 Å². The Balaban J connectivity index is 1.84. The van der Waals surface area contributed by atoms with Gasteiger partial charge in [0.1, 0.15) is 6.04 Å². The predicted molar refractivity (Wildman–Crippen MR) is 167 cm³/mol. The summed E-state index contributed by atoms with van der Waals surface area (Å²) >= 11 is 0. The van der Waals surface area contributed by atoms with Crippen molar-refractivity contribution in [1.82, 2.24) is 20.5 Å². The number of amides is 2. The van der Waals surface area contributed by atoms with E-state index in [4.69, 9.17) is 4.98 Å². The fourth-order valence-electron chi connectivity index (χ4n) is 5.07. The summed E-state index contributed by atoms with van der Waals surface area (Å²) < 4.78 is 0. The highest BCUT2D eigenvalue weighted by Gasteiger charge is 2.27. The van der Waals surface area contributed by atoms with E-state index in [9.17, 15) is 9.59 Å². The van der Waals surface area contributed by atoms with Gasteiger partial charge in [0, 0.05) is 17.0 Å². The third kappa shape index (κ3) is 8.62. The van der Waals surface area contributed by atoms with Crippen LogP contribution in [0.4, 0.5) is 0 Å². The Kier molecular flexibility index (Phi) is 12.1. The molecule has 0 aliphatic heterocycles. The molecule has 2 unspecified atom stereocenters. The van der Waals surface area contributed by atoms with E-state index in [0.717, 1.165) is 73.9 Å². The fraction of sp³-hybridized carbons (Fsp3) is 0.500. The minimum Gasteiger partial charge on any atom is -0.352 e. The molecule has 2 atom stereocenters. The number of carbonyl (C=O) groups is 2. The van der Waals surface area contributed by atoms with Crippen LogP contribution in [0.3, 0.4) is 0 Å². The van der Waals surface area contributed by atoms with E-state index in [-0.39, 0.29) is 23.8 Å². The Morgan fingerprint density at radius 1 is 0.900 bits per heavy atom. The highest BCUT2D eigenvalue weighted by molar-refractivity contribution is 6.08. The lowest BCUT2D eigenvalue weighted by Crippen LogP contribution is -2.51. The van der Waals surface area contributed by atoms with Gasteiger partial charge in [-0.3, -0.25) is 9.59 Å². The lowest BCUT2D eigenvalue weighted by molar-refractivity contribution is -0.124. The monoisotopic (exact) mass is 544 g/mol. The first-order valence-electron chi connectivity index (χ1n) is 15.1. The maximum absolute atomic E-state index is 13.9. The van der Waals surface area contributed by atoms with E-state index in [1.807, 2.05) is 63.2 Å². The second-order valence-electron chi connectivity index (χ2n) is 11.2. The summed E-state index contributed by atoms with van der Waals surface area (Å²) in [7, 11) is 0. The number of rotatable bonds is 15. The van der Waals surface area contributed by atoms with Crippen molar-refractivity contribution in [2.45, 2.75) is 85.7 Å². The number of nitrogens with zero attached hydrogens (tertiary/aromatic N) is 2. The van der Waals surface area contributed by atoms with Gasteiger partial charge in [0.25, 0.3) is 5.91 Å². The molecule has 0 fully saturated rings. The SMILES string of the molecule is CCCCc1ccc2nc(-c3ccccc3)cc(C(=O)NC(C(=O)NC(C)CCCN(CC)CC)C(C)C)c2c1. The van der Waals surface area contributed by atoms with Crippen LogP contribution in [-0.2, 0) is 11.2 Å². The molecular formula is C34H48N4O2. The van der Waals surface area contributed by atoms with Crippen molar-refractivity contribution in [3.8, 4) is 11.3 Å². The first kappa shape index (κ1) is 31.3. The van der Waals surface area contributed by atoms with E-state index in [1.54, 1.807) is 0 Å². The first-order valence-corrected chi connectivity index (χ1v) is 15.1. The zero-order valence-electron chi connectivity index (χ0n) is 25.3. The second-order valence-corrected chi connectivity index (χ2v) is 11.2. The third-order valence-corrected chi connectivity index (χ3v) is 7.64. The highest BCUT2D eigenvalue weighted by atomic mass is 16.2. The molecule has 0 saturated carbocycles. The number of hydrogen-bond donors (Lipinski definition) is 2. The second kappa shape index (κ2) is 15.5. The Hall–Kier alpha value is -3.25. The van der Waals surface area contributed by atoms with Crippen LogP contribution in [0, 0.1) is 5.92 Å². The molecule has 0 saturated heterocycles. The van der Waals surface area contributed by atoms with Crippen LogP contribution < -0.4 is 10.6 Å². The summed E-state index contributed by atoms with van der Waals surface area (Å²) in [6, 6.07) is 17.4.